The first-order chi connectivity index (χ1) is 15.5. The van der Waals surface area contributed by atoms with E-state index in [0.29, 0.717) is 18.4 Å². The quantitative estimate of drug-likeness (QED) is 0.274. The van der Waals surface area contributed by atoms with E-state index in [2.05, 4.69) is 123 Å². The van der Waals surface area contributed by atoms with Crippen LogP contribution in [0.3, 0.4) is 0 Å². The van der Waals surface area contributed by atoms with Crippen LogP contribution in [0.25, 0.3) is 0 Å². The van der Waals surface area contributed by atoms with Gasteiger partial charge in [0.05, 0.1) is 18.4 Å². The summed E-state index contributed by atoms with van der Waals surface area (Å²) in [7, 11) is 0. The van der Waals surface area contributed by atoms with Gasteiger partial charge in [-0.05, 0) is 34.1 Å². The Balaban J connectivity index is 1.75. The van der Waals surface area contributed by atoms with Crippen LogP contribution in [-0.4, -0.2) is 17.7 Å². The lowest BCUT2D eigenvalue weighted by molar-refractivity contribution is 0.290. The Morgan fingerprint density at radius 3 is 1.69 bits per heavy atom. The monoisotopic (exact) mass is 422 g/mol. The molecule has 0 amide bonds. The first-order valence-electron chi connectivity index (χ1n) is 11.5. The van der Waals surface area contributed by atoms with Crippen molar-refractivity contribution in [2.75, 3.05) is 6.54 Å². The molecule has 0 aliphatic rings. The number of para-hydroxylation sites is 1. The molecule has 0 bridgehead atoms. The van der Waals surface area contributed by atoms with Crippen LogP contribution in [0.1, 0.15) is 61.8 Å². The Kier molecular flexibility index (Phi) is 8.84. The van der Waals surface area contributed by atoms with E-state index in [1.54, 1.807) is 6.21 Å². The van der Waals surface area contributed by atoms with Crippen molar-refractivity contribution in [2.24, 2.45) is 4.99 Å². The summed E-state index contributed by atoms with van der Waals surface area (Å²) in [6.07, 6.45) is 1.77. The van der Waals surface area contributed by atoms with Crippen LogP contribution in [0.4, 0.5) is 5.69 Å². The number of nitrogens with zero attached hydrogens (tertiary/aromatic N) is 2. The molecule has 32 heavy (non-hydrogen) atoms. The molecule has 0 N–H and O–H groups in total. The highest BCUT2D eigenvalue weighted by molar-refractivity contribution is 5.82. The summed E-state index contributed by atoms with van der Waals surface area (Å²) in [5, 5.41) is 0. The molecule has 0 aliphatic carbocycles. The molecule has 3 aromatic carbocycles. The molecule has 164 valence electrons. The topological polar surface area (TPSA) is 15.6 Å². The number of aliphatic imine (C=N–C) groups is 1. The van der Waals surface area contributed by atoms with Gasteiger partial charge in [0.2, 0.25) is 0 Å². The van der Waals surface area contributed by atoms with Gasteiger partial charge in [0.1, 0.15) is 0 Å². The van der Waals surface area contributed by atoms with Gasteiger partial charge in [-0.3, -0.25) is 4.90 Å². The Hall–Kier alpha value is -3.15. The third kappa shape index (κ3) is 6.94. The van der Waals surface area contributed by atoms with Crippen molar-refractivity contribution >= 4 is 11.9 Å². The van der Waals surface area contributed by atoms with Crippen molar-refractivity contribution in [3.05, 3.63) is 101 Å². The van der Waals surface area contributed by atoms with E-state index in [4.69, 9.17) is 4.99 Å². The largest absolute Gasteiger partial charge is 0.284 e. The van der Waals surface area contributed by atoms with Gasteiger partial charge in [-0.15, -0.1) is 0 Å². The average molecular weight is 423 g/mol. The van der Waals surface area contributed by atoms with Gasteiger partial charge in [0.25, 0.3) is 0 Å². The average Bonchev–Trinajstić information content (AvgIpc) is 2.79. The highest BCUT2D eigenvalue weighted by Crippen LogP contribution is 2.34. The van der Waals surface area contributed by atoms with Crippen LogP contribution in [-0.2, 0) is 13.1 Å². The normalized spacial score (nSPS) is 11.3. The third-order valence-corrected chi connectivity index (χ3v) is 5.50. The molecule has 0 heterocycles. The van der Waals surface area contributed by atoms with E-state index in [0.717, 1.165) is 18.8 Å². The smallest absolute Gasteiger partial charge is 0.0774 e. The zero-order valence-electron chi connectivity index (χ0n) is 19.8. The molecule has 0 unspecified atom stereocenters. The minimum absolute atomic E-state index is 0.432. The summed E-state index contributed by atoms with van der Waals surface area (Å²) in [5.74, 6) is 7.37. The second kappa shape index (κ2) is 12.0. The van der Waals surface area contributed by atoms with Crippen molar-refractivity contribution < 1.29 is 0 Å². The fourth-order valence-electron chi connectivity index (χ4n) is 3.81. The summed E-state index contributed by atoms with van der Waals surface area (Å²) in [4.78, 5) is 7.16. The number of hydrogen-bond donors (Lipinski definition) is 0. The number of benzene rings is 3. The maximum Gasteiger partial charge on any atom is 0.0774 e. The zero-order valence-corrected chi connectivity index (χ0v) is 19.8. The van der Waals surface area contributed by atoms with Gasteiger partial charge in [-0.2, -0.15) is 0 Å². The molecule has 0 saturated carbocycles. The first kappa shape index (κ1) is 23.5. The van der Waals surface area contributed by atoms with E-state index >= 15 is 0 Å². The highest BCUT2D eigenvalue weighted by atomic mass is 15.1. The van der Waals surface area contributed by atoms with E-state index in [-0.39, 0.29) is 0 Å². The van der Waals surface area contributed by atoms with E-state index in [1.807, 2.05) is 0 Å². The zero-order chi connectivity index (χ0) is 22.8. The van der Waals surface area contributed by atoms with Crippen LogP contribution in [0.15, 0.2) is 83.9 Å². The predicted molar refractivity (Wildman–Crippen MR) is 138 cm³/mol. The summed E-state index contributed by atoms with van der Waals surface area (Å²) < 4.78 is 0. The Morgan fingerprint density at radius 1 is 0.719 bits per heavy atom. The third-order valence-electron chi connectivity index (χ3n) is 5.50. The molecule has 3 rings (SSSR count). The van der Waals surface area contributed by atoms with E-state index in [1.165, 1.54) is 22.3 Å². The summed E-state index contributed by atoms with van der Waals surface area (Å²) in [5.41, 5.74) is 6.24. The molecule has 2 nitrogen and oxygen atoms in total. The van der Waals surface area contributed by atoms with Crippen LogP contribution in [0.2, 0.25) is 0 Å². The molecule has 0 aromatic heterocycles. The minimum Gasteiger partial charge on any atom is -0.284 e. The number of hydrogen-bond acceptors (Lipinski definition) is 2. The van der Waals surface area contributed by atoms with Crippen molar-refractivity contribution in [3.63, 3.8) is 0 Å². The molecule has 0 saturated heterocycles. The van der Waals surface area contributed by atoms with Gasteiger partial charge in [-0.1, -0.05) is 118 Å². The molecule has 0 fully saturated rings. The Morgan fingerprint density at radius 2 is 1.22 bits per heavy atom. The standard InChI is InChI=1S/C30H34N2/c1-24(2)28-18-13-19-29(25(3)4)30(28)31-20-11-12-21-32(22-26-14-7-5-8-15-26)23-27-16-9-6-10-17-27/h5-10,13-20,24-25H,21-23H2,1-4H3. The Labute approximate surface area is 194 Å². The van der Waals surface area contributed by atoms with Crippen LogP contribution < -0.4 is 0 Å². The van der Waals surface area contributed by atoms with Crippen molar-refractivity contribution in [2.45, 2.75) is 52.6 Å². The van der Waals surface area contributed by atoms with Crippen LogP contribution >= 0.6 is 0 Å². The van der Waals surface area contributed by atoms with Gasteiger partial charge in [0, 0.05) is 13.1 Å². The SMILES string of the molecule is CC(C)c1cccc(C(C)C)c1N=CC#CCN(Cc1ccccc1)Cc1ccccc1. The van der Waals surface area contributed by atoms with Crippen LogP contribution in [0, 0.1) is 11.8 Å². The second-order valence-corrected chi connectivity index (χ2v) is 8.79. The first-order valence-corrected chi connectivity index (χ1v) is 11.5. The molecule has 3 aromatic rings. The van der Waals surface area contributed by atoms with Crippen molar-refractivity contribution in [1.29, 1.82) is 0 Å². The van der Waals surface area contributed by atoms with Crippen molar-refractivity contribution in [3.8, 4) is 11.8 Å². The Bertz CT molecular complexity index is 986. The molecular formula is C30H34N2. The van der Waals surface area contributed by atoms with Crippen LogP contribution in [0.5, 0.6) is 0 Å². The molecule has 2 heteroatoms. The van der Waals surface area contributed by atoms with Gasteiger partial charge in [0.15, 0.2) is 0 Å². The summed E-state index contributed by atoms with van der Waals surface area (Å²) >= 11 is 0. The molecule has 0 atom stereocenters. The molecule has 0 radical (unpaired) electrons. The molecule has 0 spiro atoms. The fourth-order valence-corrected chi connectivity index (χ4v) is 3.81. The van der Waals surface area contributed by atoms with Gasteiger partial charge < -0.3 is 0 Å². The van der Waals surface area contributed by atoms with E-state index < -0.39 is 0 Å². The lowest BCUT2D eigenvalue weighted by Crippen LogP contribution is -2.23. The maximum absolute atomic E-state index is 4.80. The predicted octanol–water partition coefficient (Wildman–Crippen LogP) is 7.34. The second-order valence-electron chi connectivity index (χ2n) is 8.79. The van der Waals surface area contributed by atoms with E-state index in [9.17, 15) is 0 Å². The lowest BCUT2D eigenvalue weighted by Gasteiger charge is -2.20. The molecular weight excluding hydrogens is 388 g/mol. The number of rotatable bonds is 8. The molecule has 0 aliphatic heterocycles. The maximum atomic E-state index is 4.80. The van der Waals surface area contributed by atoms with Gasteiger partial charge >= 0.3 is 0 Å². The fraction of sp³-hybridized carbons (Fsp3) is 0.300. The minimum atomic E-state index is 0.432. The lowest BCUT2D eigenvalue weighted by atomic mass is 9.93. The summed E-state index contributed by atoms with van der Waals surface area (Å²) in [6, 6.07) is 27.7. The summed E-state index contributed by atoms with van der Waals surface area (Å²) in [6.45, 7) is 11.3. The van der Waals surface area contributed by atoms with Crippen molar-refractivity contribution in [1.82, 2.24) is 4.90 Å². The highest BCUT2D eigenvalue weighted by Gasteiger charge is 2.12. The van der Waals surface area contributed by atoms with Gasteiger partial charge in [-0.25, -0.2) is 4.99 Å².